The second-order valence-corrected chi connectivity index (χ2v) is 9.62. The van der Waals surface area contributed by atoms with Crippen LogP contribution in [0.15, 0.2) is 60.8 Å². The lowest BCUT2D eigenvalue weighted by molar-refractivity contribution is 0.373. The molecular weight excluding hydrogens is 398 g/mol. The minimum atomic E-state index is -3.44. The van der Waals surface area contributed by atoms with Crippen LogP contribution in [0.25, 0.3) is 0 Å². The zero-order valence-corrected chi connectivity index (χ0v) is 18.2. The summed E-state index contributed by atoms with van der Waals surface area (Å²) in [5.74, 6) is 1.65. The lowest BCUT2D eigenvalue weighted by Crippen LogP contribution is -2.33. The smallest absolute Gasteiger partial charge is 0.218 e. The van der Waals surface area contributed by atoms with E-state index >= 15 is 0 Å². The van der Waals surface area contributed by atoms with Crippen molar-refractivity contribution >= 4 is 10.0 Å². The van der Waals surface area contributed by atoms with Crippen LogP contribution in [0, 0.1) is 6.92 Å². The molecule has 1 fully saturated rings. The van der Waals surface area contributed by atoms with Gasteiger partial charge in [-0.25, -0.2) is 13.4 Å². The van der Waals surface area contributed by atoms with E-state index in [0.29, 0.717) is 13.1 Å². The van der Waals surface area contributed by atoms with Gasteiger partial charge in [0.1, 0.15) is 11.6 Å². The summed E-state index contributed by atoms with van der Waals surface area (Å²) in [6.07, 6.45) is 3.46. The molecule has 2 heterocycles. The number of methoxy groups -OCH3 is 1. The first-order valence-corrected chi connectivity index (χ1v) is 11.8. The van der Waals surface area contributed by atoms with Crippen molar-refractivity contribution in [2.24, 2.45) is 0 Å². The van der Waals surface area contributed by atoms with Crippen LogP contribution in [0.5, 0.6) is 5.75 Å². The molecule has 0 bridgehead atoms. The fraction of sp³-hybridized carbons (Fsp3) is 0.348. The van der Waals surface area contributed by atoms with E-state index < -0.39 is 10.0 Å². The highest BCUT2D eigenvalue weighted by Gasteiger charge is 2.37. The van der Waals surface area contributed by atoms with Gasteiger partial charge in [-0.1, -0.05) is 42.5 Å². The topological polar surface area (TPSA) is 64.4 Å². The Kier molecular flexibility index (Phi) is 5.92. The summed E-state index contributed by atoms with van der Waals surface area (Å²) in [7, 11) is -1.79. The van der Waals surface area contributed by atoms with Crippen molar-refractivity contribution in [2.45, 2.75) is 38.1 Å². The SMILES string of the molecule is COc1ccc(Cn2c(C)cnc2C2CCCN2S(=O)(=O)Cc2ccccc2)cc1. The van der Waals surface area contributed by atoms with Gasteiger partial charge in [0.2, 0.25) is 10.0 Å². The molecule has 158 valence electrons. The van der Waals surface area contributed by atoms with Crippen LogP contribution in [0.2, 0.25) is 0 Å². The van der Waals surface area contributed by atoms with Crippen molar-refractivity contribution in [1.82, 2.24) is 13.9 Å². The minimum absolute atomic E-state index is 0.0164. The molecule has 1 aliphatic heterocycles. The number of rotatable bonds is 7. The Hall–Kier alpha value is -2.64. The van der Waals surface area contributed by atoms with Crippen molar-refractivity contribution in [2.75, 3.05) is 13.7 Å². The number of aromatic nitrogens is 2. The molecule has 1 aromatic heterocycles. The molecule has 2 aromatic carbocycles. The van der Waals surface area contributed by atoms with Gasteiger partial charge < -0.3 is 9.30 Å². The molecule has 1 unspecified atom stereocenters. The Labute approximate surface area is 178 Å². The first kappa shape index (κ1) is 20.6. The van der Waals surface area contributed by atoms with E-state index in [2.05, 4.69) is 9.55 Å². The Morgan fingerprint density at radius 3 is 2.50 bits per heavy atom. The van der Waals surface area contributed by atoms with E-state index in [1.165, 1.54) is 0 Å². The molecule has 1 aliphatic rings. The molecule has 0 spiro atoms. The summed E-state index contributed by atoms with van der Waals surface area (Å²) in [4.78, 5) is 4.63. The van der Waals surface area contributed by atoms with Crippen LogP contribution in [0.1, 0.15) is 41.5 Å². The maximum atomic E-state index is 13.2. The number of hydrogen-bond donors (Lipinski definition) is 0. The summed E-state index contributed by atoms with van der Waals surface area (Å²) in [5.41, 5.74) is 2.95. The van der Waals surface area contributed by atoms with Crippen LogP contribution in [-0.2, 0) is 22.3 Å². The van der Waals surface area contributed by atoms with Gasteiger partial charge in [0.05, 0.1) is 18.9 Å². The van der Waals surface area contributed by atoms with Crippen LogP contribution >= 0.6 is 0 Å². The van der Waals surface area contributed by atoms with E-state index in [1.807, 2.05) is 67.7 Å². The molecule has 1 atom stereocenters. The van der Waals surface area contributed by atoms with Gasteiger partial charge in [0, 0.05) is 25.0 Å². The van der Waals surface area contributed by atoms with E-state index in [9.17, 15) is 8.42 Å². The van der Waals surface area contributed by atoms with Gasteiger partial charge >= 0.3 is 0 Å². The summed E-state index contributed by atoms with van der Waals surface area (Å²) < 4.78 is 35.4. The molecule has 4 rings (SSSR count). The van der Waals surface area contributed by atoms with Crippen molar-refractivity contribution in [1.29, 1.82) is 0 Å². The lowest BCUT2D eigenvalue weighted by atomic mass is 10.2. The van der Waals surface area contributed by atoms with Gasteiger partial charge in [-0.05, 0) is 43.0 Å². The van der Waals surface area contributed by atoms with Crippen molar-refractivity contribution in [3.05, 3.63) is 83.4 Å². The summed E-state index contributed by atoms with van der Waals surface area (Å²) in [6.45, 7) is 3.19. The predicted octanol–water partition coefficient (Wildman–Crippen LogP) is 3.92. The first-order chi connectivity index (χ1) is 14.5. The van der Waals surface area contributed by atoms with Crippen LogP contribution < -0.4 is 4.74 Å². The molecule has 1 saturated heterocycles. The fourth-order valence-corrected chi connectivity index (χ4v) is 5.84. The number of imidazole rings is 1. The normalized spacial score (nSPS) is 17.3. The number of aryl methyl sites for hydroxylation is 1. The van der Waals surface area contributed by atoms with Gasteiger partial charge in [-0.15, -0.1) is 0 Å². The quantitative estimate of drug-likeness (QED) is 0.576. The second-order valence-electron chi connectivity index (χ2n) is 7.70. The number of nitrogens with zero attached hydrogens (tertiary/aromatic N) is 3. The maximum absolute atomic E-state index is 13.2. The number of benzene rings is 2. The second kappa shape index (κ2) is 8.62. The molecular formula is C23H27N3O3S. The first-order valence-electron chi connectivity index (χ1n) is 10.2. The molecule has 0 saturated carbocycles. The van der Waals surface area contributed by atoms with Gasteiger partial charge in [-0.3, -0.25) is 0 Å². The molecule has 0 amide bonds. The van der Waals surface area contributed by atoms with Gasteiger partial charge in [-0.2, -0.15) is 4.31 Å². The monoisotopic (exact) mass is 425 g/mol. The van der Waals surface area contributed by atoms with E-state index in [0.717, 1.165) is 41.2 Å². The van der Waals surface area contributed by atoms with E-state index in [1.54, 1.807) is 11.4 Å². The summed E-state index contributed by atoms with van der Waals surface area (Å²) in [6, 6.07) is 17.1. The Morgan fingerprint density at radius 2 is 1.80 bits per heavy atom. The highest BCUT2D eigenvalue weighted by Crippen LogP contribution is 2.35. The molecule has 0 radical (unpaired) electrons. The molecule has 0 aliphatic carbocycles. The van der Waals surface area contributed by atoms with E-state index in [4.69, 9.17) is 4.74 Å². The van der Waals surface area contributed by atoms with Crippen LogP contribution in [0.4, 0.5) is 0 Å². The minimum Gasteiger partial charge on any atom is -0.497 e. The number of ether oxygens (including phenoxy) is 1. The third kappa shape index (κ3) is 4.27. The number of hydrogen-bond acceptors (Lipinski definition) is 4. The van der Waals surface area contributed by atoms with Crippen molar-refractivity contribution < 1.29 is 13.2 Å². The molecule has 6 nitrogen and oxygen atoms in total. The highest BCUT2D eigenvalue weighted by atomic mass is 32.2. The third-order valence-corrected chi connectivity index (χ3v) is 7.49. The van der Waals surface area contributed by atoms with Gasteiger partial charge in [0.25, 0.3) is 0 Å². The Bertz CT molecular complexity index is 1090. The maximum Gasteiger partial charge on any atom is 0.218 e. The van der Waals surface area contributed by atoms with Gasteiger partial charge in [0.15, 0.2) is 0 Å². The zero-order chi connectivity index (χ0) is 21.1. The van der Waals surface area contributed by atoms with Crippen LogP contribution in [0.3, 0.4) is 0 Å². The molecule has 3 aromatic rings. The molecule has 7 heteroatoms. The summed E-state index contributed by atoms with van der Waals surface area (Å²) in [5, 5.41) is 0. The zero-order valence-electron chi connectivity index (χ0n) is 17.4. The number of sulfonamides is 1. The molecule has 0 N–H and O–H groups in total. The van der Waals surface area contributed by atoms with Crippen LogP contribution in [-0.4, -0.2) is 35.9 Å². The fourth-order valence-electron chi connectivity index (χ4n) is 4.06. The summed E-state index contributed by atoms with van der Waals surface area (Å²) >= 11 is 0. The average Bonchev–Trinajstić information content (AvgIpc) is 3.37. The predicted molar refractivity (Wildman–Crippen MR) is 117 cm³/mol. The van der Waals surface area contributed by atoms with Crippen molar-refractivity contribution in [3.8, 4) is 5.75 Å². The Balaban J connectivity index is 1.60. The average molecular weight is 426 g/mol. The van der Waals surface area contributed by atoms with Crippen molar-refractivity contribution in [3.63, 3.8) is 0 Å². The highest BCUT2D eigenvalue weighted by molar-refractivity contribution is 7.88. The largest absolute Gasteiger partial charge is 0.497 e. The third-order valence-electron chi connectivity index (χ3n) is 5.64. The standard InChI is InChI=1S/C23H27N3O3S/c1-18-15-24-23(25(18)16-19-10-12-21(29-2)13-11-19)22-9-6-14-26(22)30(27,28)17-20-7-4-3-5-8-20/h3-5,7-8,10-13,15,22H,6,9,14,16-17H2,1-2H3. The Morgan fingerprint density at radius 1 is 1.07 bits per heavy atom. The lowest BCUT2D eigenvalue weighted by Gasteiger charge is -2.25. The van der Waals surface area contributed by atoms with E-state index in [-0.39, 0.29) is 11.8 Å². The molecule has 30 heavy (non-hydrogen) atoms.